The van der Waals surface area contributed by atoms with E-state index < -0.39 is 0 Å². The van der Waals surface area contributed by atoms with E-state index in [-0.39, 0.29) is 6.04 Å². The molecule has 0 spiro atoms. The van der Waals surface area contributed by atoms with Gasteiger partial charge in [-0.25, -0.2) is 0 Å². The van der Waals surface area contributed by atoms with E-state index in [0.29, 0.717) is 11.8 Å². The predicted molar refractivity (Wildman–Crippen MR) is 83.8 cm³/mol. The van der Waals surface area contributed by atoms with Crippen molar-refractivity contribution in [2.45, 2.75) is 13.0 Å². The zero-order valence-corrected chi connectivity index (χ0v) is 13.1. The molecule has 3 rings (SSSR count). The molecule has 1 aromatic carbocycles. The summed E-state index contributed by atoms with van der Waals surface area (Å²) in [4.78, 5) is 0.986. The van der Waals surface area contributed by atoms with Crippen molar-refractivity contribution >= 4 is 33.0 Å². The van der Waals surface area contributed by atoms with Crippen LogP contribution in [0.3, 0.4) is 0 Å². The molecule has 3 aromatic rings. The first-order chi connectivity index (χ1) is 9.72. The quantitative estimate of drug-likeness (QED) is 0.739. The van der Waals surface area contributed by atoms with Crippen molar-refractivity contribution in [3.63, 3.8) is 0 Å². The molecule has 1 atom stereocenters. The number of thiophene rings is 1. The molecule has 0 amide bonds. The third-order valence-corrected chi connectivity index (χ3v) is 4.16. The summed E-state index contributed by atoms with van der Waals surface area (Å²) >= 11 is 5.00. The van der Waals surface area contributed by atoms with Crippen LogP contribution in [0.1, 0.15) is 18.9 Å². The Kier molecular flexibility index (Phi) is 3.84. The normalized spacial score (nSPS) is 12.3. The first-order valence-electron chi connectivity index (χ1n) is 6.12. The number of benzene rings is 1. The molecular formula is C14H12BrN3OS. The summed E-state index contributed by atoms with van der Waals surface area (Å²) < 4.78 is 6.75. The second-order valence-electron chi connectivity index (χ2n) is 4.30. The predicted octanol–water partition coefficient (Wildman–Crippen LogP) is 4.73. The second kappa shape index (κ2) is 5.76. The van der Waals surface area contributed by atoms with Crippen molar-refractivity contribution in [3.05, 3.63) is 52.1 Å². The Labute approximate surface area is 129 Å². The van der Waals surface area contributed by atoms with Gasteiger partial charge in [0.1, 0.15) is 6.04 Å². The van der Waals surface area contributed by atoms with E-state index in [2.05, 4.69) is 31.4 Å². The van der Waals surface area contributed by atoms with Gasteiger partial charge >= 0.3 is 0 Å². The van der Waals surface area contributed by atoms with Crippen molar-refractivity contribution < 1.29 is 4.42 Å². The molecule has 0 aliphatic heterocycles. The highest BCUT2D eigenvalue weighted by atomic mass is 79.9. The maximum atomic E-state index is 5.70. The summed E-state index contributed by atoms with van der Waals surface area (Å²) in [5, 5.41) is 13.5. The Morgan fingerprint density at radius 1 is 1.20 bits per heavy atom. The first kappa shape index (κ1) is 13.3. The number of halogens is 1. The third-order valence-electron chi connectivity index (χ3n) is 2.77. The number of hydrogen-bond acceptors (Lipinski definition) is 5. The second-order valence-corrected chi connectivity index (χ2v) is 6.16. The zero-order valence-electron chi connectivity index (χ0n) is 10.7. The lowest BCUT2D eigenvalue weighted by Crippen LogP contribution is -2.06. The molecule has 1 N–H and O–H groups in total. The van der Waals surface area contributed by atoms with Gasteiger partial charge in [0.25, 0.3) is 5.89 Å². The van der Waals surface area contributed by atoms with Crippen LogP contribution in [0.5, 0.6) is 0 Å². The Hall–Kier alpha value is -1.66. The van der Waals surface area contributed by atoms with Crippen LogP contribution in [0.2, 0.25) is 0 Å². The molecule has 0 aliphatic rings. The Balaban J connectivity index is 1.74. The number of nitrogens with one attached hydrogen (secondary N) is 1. The van der Waals surface area contributed by atoms with Gasteiger partial charge in [-0.3, -0.25) is 0 Å². The number of aromatic nitrogens is 2. The summed E-state index contributed by atoms with van der Waals surface area (Å²) in [5.41, 5.74) is 1.01. The standard InChI is InChI=1S/C14H12BrN3OS/c1-9(16-11-6-4-10(15)5-7-11)13-17-18-14(19-13)12-3-2-8-20-12/h2-9,16H,1H3/t9-/m1/s1. The van der Waals surface area contributed by atoms with Crippen molar-refractivity contribution in [2.24, 2.45) is 0 Å². The Morgan fingerprint density at radius 3 is 2.70 bits per heavy atom. The van der Waals surface area contributed by atoms with Crippen LogP contribution in [-0.4, -0.2) is 10.2 Å². The summed E-state index contributed by atoms with van der Waals surface area (Å²) in [6.45, 7) is 1.99. The maximum Gasteiger partial charge on any atom is 0.257 e. The van der Waals surface area contributed by atoms with Crippen molar-refractivity contribution in [1.82, 2.24) is 10.2 Å². The molecule has 2 heterocycles. The van der Waals surface area contributed by atoms with Gasteiger partial charge in [0, 0.05) is 10.2 Å². The zero-order chi connectivity index (χ0) is 13.9. The molecular weight excluding hydrogens is 338 g/mol. The Bertz CT molecular complexity index is 679. The topological polar surface area (TPSA) is 51.0 Å². The van der Waals surface area contributed by atoms with Crippen molar-refractivity contribution in [1.29, 1.82) is 0 Å². The largest absolute Gasteiger partial charge is 0.418 e. The van der Waals surface area contributed by atoms with Crippen LogP contribution in [0.15, 0.2) is 50.7 Å². The first-order valence-corrected chi connectivity index (χ1v) is 7.79. The van der Waals surface area contributed by atoms with Gasteiger partial charge in [-0.05, 0) is 42.6 Å². The average Bonchev–Trinajstić information content (AvgIpc) is 3.11. The number of anilines is 1. The van der Waals surface area contributed by atoms with Crippen molar-refractivity contribution in [2.75, 3.05) is 5.32 Å². The molecule has 20 heavy (non-hydrogen) atoms. The van der Waals surface area contributed by atoms with E-state index in [1.54, 1.807) is 11.3 Å². The number of nitrogens with zero attached hydrogens (tertiary/aromatic N) is 2. The molecule has 0 radical (unpaired) electrons. The summed E-state index contributed by atoms with van der Waals surface area (Å²) in [6.07, 6.45) is 0. The van der Waals surface area contributed by atoms with E-state index in [9.17, 15) is 0 Å². The van der Waals surface area contributed by atoms with Gasteiger partial charge in [-0.2, -0.15) is 0 Å². The molecule has 0 aliphatic carbocycles. The van der Waals surface area contributed by atoms with Gasteiger partial charge < -0.3 is 9.73 Å². The SMILES string of the molecule is C[C@@H](Nc1ccc(Br)cc1)c1nnc(-c2cccs2)o1. The molecule has 0 saturated heterocycles. The highest BCUT2D eigenvalue weighted by molar-refractivity contribution is 9.10. The number of rotatable bonds is 4. The third kappa shape index (κ3) is 2.91. The van der Waals surface area contributed by atoms with Crippen LogP contribution in [-0.2, 0) is 0 Å². The van der Waals surface area contributed by atoms with Gasteiger partial charge in [0.15, 0.2) is 0 Å². The smallest absolute Gasteiger partial charge is 0.257 e. The monoisotopic (exact) mass is 349 g/mol. The lowest BCUT2D eigenvalue weighted by molar-refractivity contribution is 0.486. The lowest BCUT2D eigenvalue weighted by atomic mass is 10.2. The Morgan fingerprint density at radius 2 is 2.00 bits per heavy atom. The van der Waals surface area contributed by atoms with E-state index >= 15 is 0 Å². The van der Waals surface area contributed by atoms with Crippen LogP contribution < -0.4 is 5.32 Å². The highest BCUT2D eigenvalue weighted by Gasteiger charge is 2.15. The molecule has 0 fully saturated rings. The van der Waals surface area contributed by atoms with Crippen molar-refractivity contribution in [3.8, 4) is 10.8 Å². The molecule has 102 valence electrons. The van der Waals surface area contributed by atoms with Gasteiger partial charge in [0.2, 0.25) is 5.89 Å². The van der Waals surface area contributed by atoms with Crippen LogP contribution >= 0.6 is 27.3 Å². The van der Waals surface area contributed by atoms with Gasteiger partial charge in [-0.15, -0.1) is 21.5 Å². The fourth-order valence-electron chi connectivity index (χ4n) is 1.77. The van der Waals surface area contributed by atoms with Crippen LogP contribution in [0, 0.1) is 0 Å². The molecule has 0 unspecified atom stereocenters. The average molecular weight is 350 g/mol. The fourth-order valence-corrected chi connectivity index (χ4v) is 2.68. The maximum absolute atomic E-state index is 5.70. The van der Waals surface area contributed by atoms with Crippen LogP contribution in [0.25, 0.3) is 10.8 Å². The van der Waals surface area contributed by atoms with Crippen LogP contribution in [0.4, 0.5) is 5.69 Å². The molecule has 2 aromatic heterocycles. The number of hydrogen-bond donors (Lipinski definition) is 1. The van der Waals surface area contributed by atoms with Gasteiger partial charge in [0.05, 0.1) is 4.88 Å². The van der Waals surface area contributed by atoms with E-state index in [4.69, 9.17) is 4.42 Å². The van der Waals surface area contributed by atoms with E-state index in [1.807, 2.05) is 48.7 Å². The minimum absolute atomic E-state index is 0.0441. The molecule has 4 nitrogen and oxygen atoms in total. The van der Waals surface area contributed by atoms with Gasteiger partial charge in [-0.1, -0.05) is 22.0 Å². The molecule has 0 bridgehead atoms. The summed E-state index contributed by atoms with van der Waals surface area (Å²) in [7, 11) is 0. The minimum atomic E-state index is -0.0441. The molecule has 6 heteroatoms. The van der Waals surface area contributed by atoms with E-state index in [0.717, 1.165) is 15.0 Å². The fraction of sp³-hybridized carbons (Fsp3) is 0.143. The molecule has 0 saturated carbocycles. The summed E-state index contributed by atoms with van der Waals surface area (Å²) in [5.74, 6) is 1.15. The van der Waals surface area contributed by atoms with E-state index in [1.165, 1.54) is 0 Å². The minimum Gasteiger partial charge on any atom is -0.418 e. The highest BCUT2D eigenvalue weighted by Crippen LogP contribution is 2.26. The lowest BCUT2D eigenvalue weighted by Gasteiger charge is -2.11. The summed E-state index contributed by atoms with van der Waals surface area (Å²) in [6, 6.07) is 11.9.